The number of aryl methyl sites for hydroxylation is 2. The lowest BCUT2D eigenvalue weighted by molar-refractivity contribution is 0.572. The van der Waals surface area contributed by atoms with Gasteiger partial charge in [-0.05, 0) is 49.8 Å². The van der Waals surface area contributed by atoms with Crippen molar-refractivity contribution in [1.29, 1.82) is 0 Å². The third-order valence-corrected chi connectivity index (χ3v) is 3.38. The molecule has 0 fully saturated rings. The summed E-state index contributed by atoms with van der Waals surface area (Å²) in [6, 6.07) is 6.75. The van der Waals surface area contributed by atoms with E-state index in [1.54, 1.807) is 0 Å². The van der Waals surface area contributed by atoms with Gasteiger partial charge < -0.3 is 5.73 Å². The molecule has 0 amide bonds. The van der Waals surface area contributed by atoms with Crippen LogP contribution in [0, 0.1) is 13.8 Å². The zero-order chi connectivity index (χ0) is 12.7. The number of unbranched alkanes of at least 4 members (excludes halogenated alkanes) is 3. The standard InChI is InChI=1S/C16H25N/c1-4-5-6-7-8-9-16(17)15-11-10-13(2)14(3)12-15/h4,10-12,16H,1,5-9,17H2,2-3H3. The molecule has 0 bridgehead atoms. The third-order valence-electron chi connectivity index (χ3n) is 3.38. The van der Waals surface area contributed by atoms with Gasteiger partial charge in [0.2, 0.25) is 0 Å². The molecule has 1 nitrogen and oxygen atoms in total. The molecule has 0 saturated carbocycles. The van der Waals surface area contributed by atoms with Crippen LogP contribution in [0.5, 0.6) is 0 Å². The van der Waals surface area contributed by atoms with Crippen molar-refractivity contribution >= 4 is 0 Å². The lowest BCUT2D eigenvalue weighted by atomic mass is 9.97. The van der Waals surface area contributed by atoms with Gasteiger partial charge in [-0.2, -0.15) is 0 Å². The number of hydrogen-bond acceptors (Lipinski definition) is 1. The molecule has 0 aliphatic rings. The Bertz CT molecular complexity index is 355. The van der Waals surface area contributed by atoms with E-state index in [1.165, 1.54) is 36.0 Å². The lowest BCUT2D eigenvalue weighted by Crippen LogP contribution is -2.10. The summed E-state index contributed by atoms with van der Waals surface area (Å²) in [5.41, 5.74) is 10.2. The van der Waals surface area contributed by atoms with Crippen LogP contribution >= 0.6 is 0 Å². The van der Waals surface area contributed by atoms with Crippen molar-refractivity contribution in [3.05, 3.63) is 47.5 Å². The number of hydrogen-bond donors (Lipinski definition) is 1. The molecule has 0 aliphatic heterocycles. The first kappa shape index (κ1) is 14.0. The molecule has 0 aromatic heterocycles. The van der Waals surface area contributed by atoms with Crippen LogP contribution in [-0.2, 0) is 0 Å². The van der Waals surface area contributed by atoms with Gasteiger partial charge in [0.05, 0.1) is 0 Å². The summed E-state index contributed by atoms with van der Waals surface area (Å²) in [6.07, 6.45) is 7.90. The Balaban J connectivity index is 2.38. The molecule has 1 rings (SSSR count). The fraction of sp³-hybridized carbons (Fsp3) is 0.500. The van der Waals surface area contributed by atoms with Crippen LogP contribution < -0.4 is 5.73 Å². The van der Waals surface area contributed by atoms with Crippen LogP contribution in [-0.4, -0.2) is 0 Å². The summed E-state index contributed by atoms with van der Waals surface area (Å²) < 4.78 is 0. The highest BCUT2D eigenvalue weighted by atomic mass is 14.6. The van der Waals surface area contributed by atoms with Gasteiger partial charge in [0.1, 0.15) is 0 Å². The predicted molar refractivity (Wildman–Crippen MR) is 76.1 cm³/mol. The summed E-state index contributed by atoms with van der Waals surface area (Å²) in [6.45, 7) is 8.02. The molecule has 0 aliphatic carbocycles. The minimum absolute atomic E-state index is 0.193. The van der Waals surface area contributed by atoms with Crippen molar-refractivity contribution in [2.24, 2.45) is 5.73 Å². The molecule has 1 aromatic carbocycles. The second-order valence-electron chi connectivity index (χ2n) is 4.88. The summed E-state index contributed by atoms with van der Waals surface area (Å²) in [4.78, 5) is 0. The molecule has 1 atom stereocenters. The number of allylic oxidation sites excluding steroid dienone is 1. The SMILES string of the molecule is C=CCCCCCC(N)c1ccc(C)c(C)c1. The van der Waals surface area contributed by atoms with Crippen molar-refractivity contribution in [2.75, 3.05) is 0 Å². The monoisotopic (exact) mass is 231 g/mol. The normalized spacial score (nSPS) is 12.4. The van der Waals surface area contributed by atoms with Crippen molar-refractivity contribution < 1.29 is 0 Å². The van der Waals surface area contributed by atoms with Gasteiger partial charge in [0.25, 0.3) is 0 Å². The van der Waals surface area contributed by atoms with Crippen molar-refractivity contribution in [1.82, 2.24) is 0 Å². The molecular formula is C16H25N. The molecule has 0 spiro atoms. The Morgan fingerprint density at radius 2 is 1.94 bits per heavy atom. The Kier molecular flexibility index (Phi) is 5.99. The second-order valence-corrected chi connectivity index (χ2v) is 4.88. The number of benzene rings is 1. The Labute approximate surface area is 106 Å². The van der Waals surface area contributed by atoms with E-state index in [1.807, 2.05) is 6.08 Å². The van der Waals surface area contributed by atoms with Crippen LogP contribution in [0.2, 0.25) is 0 Å². The molecule has 0 radical (unpaired) electrons. The van der Waals surface area contributed by atoms with Crippen molar-refractivity contribution in [3.8, 4) is 0 Å². The van der Waals surface area contributed by atoms with Crippen LogP contribution in [0.15, 0.2) is 30.9 Å². The topological polar surface area (TPSA) is 26.0 Å². The fourth-order valence-corrected chi connectivity index (χ4v) is 1.99. The van der Waals surface area contributed by atoms with Gasteiger partial charge in [0, 0.05) is 6.04 Å². The highest BCUT2D eigenvalue weighted by Gasteiger charge is 2.06. The van der Waals surface area contributed by atoms with Crippen LogP contribution in [0.3, 0.4) is 0 Å². The van der Waals surface area contributed by atoms with Crippen molar-refractivity contribution in [3.63, 3.8) is 0 Å². The first-order chi connectivity index (χ1) is 8.15. The van der Waals surface area contributed by atoms with E-state index in [2.05, 4.69) is 38.6 Å². The Hall–Kier alpha value is -1.08. The quantitative estimate of drug-likeness (QED) is 0.545. The maximum atomic E-state index is 6.21. The summed E-state index contributed by atoms with van der Waals surface area (Å²) in [7, 11) is 0. The zero-order valence-electron chi connectivity index (χ0n) is 11.2. The molecule has 1 heteroatoms. The summed E-state index contributed by atoms with van der Waals surface area (Å²) in [5, 5.41) is 0. The first-order valence-corrected chi connectivity index (χ1v) is 6.58. The van der Waals surface area contributed by atoms with E-state index in [4.69, 9.17) is 5.73 Å². The summed E-state index contributed by atoms with van der Waals surface area (Å²) >= 11 is 0. The van der Waals surface area contributed by atoms with Crippen molar-refractivity contribution in [2.45, 2.75) is 52.0 Å². The highest BCUT2D eigenvalue weighted by Crippen LogP contribution is 2.20. The van der Waals surface area contributed by atoms with E-state index in [0.717, 1.165) is 12.8 Å². The van der Waals surface area contributed by atoms with Gasteiger partial charge in [-0.3, -0.25) is 0 Å². The molecule has 1 unspecified atom stereocenters. The van der Waals surface area contributed by atoms with Gasteiger partial charge in [0.15, 0.2) is 0 Å². The Morgan fingerprint density at radius 3 is 2.59 bits per heavy atom. The van der Waals surface area contributed by atoms with Crippen LogP contribution in [0.1, 0.15) is 54.8 Å². The Morgan fingerprint density at radius 1 is 1.18 bits per heavy atom. The van der Waals surface area contributed by atoms with Gasteiger partial charge in [-0.15, -0.1) is 6.58 Å². The predicted octanol–water partition coefficient (Wildman–Crippen LogP) is 4.44. The van der Waals surface area contributed by atoms with E-state index in [-0.39, 0.29) is 6.04 Å². The maximum Gasteiger partial charge on any atom is 0.0294 e. The fourth-order valence-electron chi connectivity index (χ4n) is 1.99. The molecular weight excluding hydrogens is 206 g/mol. The smallest absolute Gasteiger partial charge is 0.0294 e. The first-order valence-electron chi connectivity index (χ1n) is 6.58. The molecule has 1 aromatic rings. The van der Waals surface area contributed by atoms with Gasteiger partial charge in [-0.25, -0.2) is 0 Å². The summed E-state index contributed by atoms with van der Waals surface area (Å²) in [5.74, 6) is 0. The average Bonchev–Trinajstić information content (AvgIpc) is 2.32. The molecule has 17 heavy (non-hydrogen) atoms. The van der Waals surface area contributed by atoms with Gasteiger partial charge in [-0.1, -0.05) is 37.1 Å². The zero-order valence-corrected chi connectivity index (χ0v) is 11.2. The average molecular weight is 231 g/mol. The van der Waals surface area contributed by atoms with Gasteiger partial charge >= 0.3 is 0 Å². The molecule has 2 N–H and O–H groups in total. The van der Waals surface area contributed by atoms with E-state index in [0.29, 0.717) is 0 Å². The third kappa shape index (κ3) is 4.74. The second kappa shape index (κ2) is 7.29. The lowest BCUT2D eigenvalue weighted by Gasteiger charge is -2.13. The van der Waals surface area contributed by atoms with E-state index >= 15 is 0 Å². The minimum Gasteiger partial charge on any atom is -0.324 e. The van der Waals surface area contributed by atoms with E-state index in [9.17, 15) is 0 Å². The minimum atomic E-state index is 0.193. The van der Waals surface area contributed by atoms with Crippen LogP contribution in [0.25, 0.3) is 0 Å². The highest BCUT2D eigenvalue weighted by molar-refractivity contribution is 5.31. The number of nitrogens with two attached hydrogens (primary N) is 1. The largest absolute Gasteiger partial charge is 0.324 e. The molecule has 94 valence electrons. The van der Waals surface area contributed by atoms with E-state index < -0.39 is 0 Å². The molecule has 0 saturated heterocycles. The number of rotatable bonds is 7. The van der Waals surface area contributed by atoms with Crippen LogP contribution in [0.4, 0.5) is 0 Å². The maximum absolute atomic E-state index is 6.21. The molecule has 0 heterocycles.